The second-order valence-electron chi connectivity index (χ2n) is 3.78. The first-order chi connectivity index (χ1) is 7.83. The fourth-order valence-corrected chi connectivity index (χ4v) is 2.61. The smallest absolute Gasteiger partial charge is 0.147 e. The van der Waals surface area contributed by atoms with E-state index in [-0.39, 0.29) is 11.8 Å². The van der Waals surface area contributed by atoms with E-state index in [1.807, 2.05) is 0 Å². The van der Waals surface area contributed by atoms with E-state index in [9.17, 15) is 8.42 Å². The first-order valence-electron chi connectivity index (χ1n) is 4.99. The first kappa shape index (κ1) is 14.7. The zero-order chi connectivity index (χ0) is 13.1. The number of hydrogen-bond acceptors (Lipinski definition) is 4. The minimum atomic E-state index is -3.00. The fourth-order valence-electron chi connectivity index (χ4n) is 1.43. The van der Waals surface area contributed by atoms with Crippen molar-refractivity contribution in [2.24, 2.45) is 0 Å². The lowest BCUT2D eigenvalue weighted by atomic mass is 10.1. The molecular weight excluding hydrogens is 283 g/mol. The highest BCUT2D eigenvalue weighted by Gasteiger charge is 2.17. The molecule has 0 spiro atoms. The predicted molar refractivity (Wildman–Crippen MR) is 70.4 cm³/mol. The molecule has 1 heterocycles. The Labute approximate surface area is 111 Å². The number of hydrogen-bond donors (Lipinski definition) is 1. The van der Waals surface area contributed by atoms with Crippen molar-refractivity contribution in [1.82, 2.24) is 10.3 Å². The van der Waals surface area contributed by atoms with Crippen molar-refractivity contribution in [1.29, 1.82) is 0 Å². The topological polar surface area (TPSA) is 59.1 Å². The zero-order valence-corrected chi connectivity index (χ0v) is 11.9. The predicted octanol–water partition coefficient (Wildman–Crippen LogP) is 2.08. The lowest BCUT2D eigenvalue weighted by Crippen LogP contribution is -2.21. The Morgan fingerprint density at radius 3 is 2.59 bits per heavy atom. The summed E-state index contributed by atoms with van der Waals surface area (Å²) in [5, 5.41) is 3.89. The van der Waals surface area contributed by atoms with Gasteiger partial charge in [0.25, 0.3) is 0 Å². The van der Waals surface area contributed by atoms with E-state index in [4.69, 9.17) is 23.2 Å². The van der Waals surface area contributed by atoms with Crippen LogP contribution in [0.4, 0.5) is 0 Å². The Hall–Kier alpha value is -0.360. The van der Waals surface area contributed by atoms with E-state index < -0.39 is 9.84 Å². The molecule has 1 unspecified atom stereocenters. The normalized spacial score (nSPS) is 13.6. The van der Waals surface area contributed by atoms with Crippen molar-refractivity contribution in [3.8, 4) is 0 Å². The Morgan fingerprint density at radius 1 is 1.47 bits per heavy atom. The summed E-state index contributed by atoms with van der Waals surface area (Å²) in [6.07, 6.45) is 3.12. The SMILES string of the molecule is CNC(CCS(C)(=O)=O)c1ncc(Cl)cc1Cl. The molecule has 17 heavy (non-hydrogen) atoms. The molecule has 1 N–H and O–H groups in total. The average Bonchev–Trinajstić information content (AvgIpc) is 2.19. The molecule has 1 aromatic heterocycles. The van der Waals surface area contributed by atoms with Crippen LogP contribution in [-0.4, -0.2) is 32.5 Å². The van der Waals surface area contributed by atoms with Gasteiger partial charge >= 0.3 is 0 Å². The van der Waals surface area contributed by atoms with Gasteiger partial charge in [0.2, 0.25) is 0 Å². The highest BCUT2D eigenvalue weighted by atomic mass is 35.5. The van der Waals surface area contributed by atoms with Gasteiger partial charge in [-0.15, -0.1) is 0 Å². The number of pyridine rings is 1. The Balaban J connectivity index is 2.86. The number of halogens is 2. The Kier molecular flexibility index (Phi) is 5.19. The molecule has 7 heteroatoms. The lowest BCUT2D eigenvalue weighted by Gasteiger charge is -2.16. The third-order valence-corrected chi connectivity index (χ3v) is 3.78. The highest BCUT2D eigenvalue weighted by Crippen LogP contribution is 2.25. The van der Waals surface area contributed by atoms with E-state index in [0.717, 1.165) is 0 Å². The molecule has 0 saturated carbocycles. The van der Waals surface area contributed by atoms with Gasteiger partial charge in [-0.05, 0) is 19.5 Å². The van der Waals surface area contributed by atoms with E-state index in [2.05, 4.69) is 10.3 Å². The molecule has 0 amide bonds. The molecule has 96 valence electrons. The molecule has 0 radical (unpaired) electrons. The number of aromatic nitrogens is 1. The second-order valence-corrected chi connectivity index (χ2v) is 6.88. The molecule has 0 bridgehead atoms. The van der Waals surface area contributed by atoms with Crippen molar-refractivity contribution in [2.45, 2.75) is 12.5 Å². The van der Waals surface area contributed by atoms with Crippen LogP contribution in [-0.2, 0) is 9.84 Å². The number of rotatable bonds is 5. The first-order valence-corrected chi connectivity index (χ1v) is 7.81. The maximum absolute atomic E-state index is 11.1. The molecular formula is C10H14Cl2N2O2S. The third-order valence-electron chi connectivity index (χ3n) is 2.29. The largest absolute Gasteiger partial charge is 0.312 e. The van der Waals surface area contributed by atoms with Crippen LogP contribution in [0.3, 0.4) is 0 Å². The van der Waals surface area contributed by atoms with Gasteiger partial charge in [0.1, 0.15) is 9.84 Å². The van der Waals surface area contributed by atoms with Crippen molar-refractivity contribution in [3.05, 3.63) is 28.0 Å². The third kappa shape index (κ3) is 4.79. The zero-order valence-electron chi connectivity index (χ0n) is 9.57. The summed E-state index contributed by atoms with van der Waals surface area (Å²) in [5.74, 6) is 0.0825. The van der Waals surface area contributed by atoms with Crippen LogP contribution in [0.15, 0.2) is 12.3 Å². The van der Waals surface area contributed by atoms with E-state index >= 15 is 0 Å². The van der Waals surface area contributed by atoms with E-state index in [0.29, 0.717) is 22.2 Å². The van der Waals surface area contributed by atoms with E-state index in [1.54, 1.807) is 13.1 Å². The second kappa shape index (κ2) is 6.00. The maximum atomic E-state index is 11.1. The standard InChI is InChI=1S/C10H14Cl2N2O2S/c1-13-9(3-4-17(2,15)16)10-8(12)5-7(11)6-14-10/h5-6,9,13H,3-4H2,1-2H3. The quantitative estimate of drug-likeness (QED) is 0.904. The summed E-state index contributed by atoms with van der Waals surface area (Å²) in [4.78, 5) is 4.13. The van der Waals surface area contributed by atoms with Crippen LogP contribution in [0.1, 0.15) is 18.2 Å². The molecule has 4 nitrogen and oxygen atoms in total. The summed E-state index contributed by atoms with van der Waals surface area (Å²) in [5.41, 5.74) is 0.613. The fraction of sp³-hybridized carbons (Fsp3) is 0.500. The van der Waals surface area contributed by atoms with Gasteiger partial charge in [-0.3, -0.25) is 4.98 Å². The van der Waals surface area contributed by atoms with Crippen LogP contribution in [0, 0.1) is 0 Å². The van der Waals surface area contributed by atoms with Gasteiger partial charge in [-0.2, -0.15) is 0 Å². The Bertz CT molecular complexity index is 491. The van der Waals surface area contributed by atoms with Crippen LogP contribution in [0.2, 0.25) is 10.0 Å². The van der Waals surface area contributed by atoms with Crippen LogP contribution < -0.4 is 5.32 Å². The summed E-state index contributed by atoms with van der Waals surface area (Å²) in [6, 6.07) is 1.39. The lowest BCUT2D eigenvalue weighted by molar-refractivity contribution is 0.549. The summed E-state index contributed by atoms with van der Waals surface area (Å²) in [6.45, 7) is 0. The molecule has 1 atom stereocenters. The molecule has 1 aromatic rings. The van der Waals surface area contributed by atoms with Gasteiger partial charge in [-0.25, -0.2) is 8.42 Å². The molecule has 0 aliphatic rings. The monoisotopic (exact) mass is 296 g/mol. The Morgan fingerprint density at radius 2 is 2.12 bits per heavy atom. The molecule has 0 aliphatic heterocycles. The van der Waals surface area contributed by atoms with Crippen LogP contribution in [0.25, 0.3) is 0 Å². The summed E-state index contributed by atoms with van der Waals surface area (Å²) < 4.78 is 22.2. The maximum Gasteiger partial charge on any atom is 0.147 e. The van der Waals surface area contributed by atoms with Crippen molar-refractivity contribution in [3.63, 3.8) is 0 Å². The van der Waals surface area contributed by atoms with Crippen molar-refractivity contribution in [2.75, 3.05) is 19.1 Å². The summed E-state index contributed by atoms with van der Waals surface area (Å²) >= 11 is 11.8. The van der Waals surface area contributed by atoms with Gasteiger partial charge in [-0.1, -0.05) is 23.2 Å². The van der Waals surface area contributed by atoms with Gasteiger partial charge in [0, 0.05) is 12.5 Å². The van der Waals surface area contributed by atoms with E-state index in [1.165, 1.54) is 12.5 Å². The molecule has 0 saturated heterocycles. The van der Waals surface area contributed by atoms with Crippen LogP contribution >= 0.6 is 23.2 Å². The minimum absolute atomic E-state index is 0.0825. The minimum Gasteiger partial charge on any atom is -0.312 e. The number of nitrogens with one attached hydrogen (secondary N) is 1. The van der Waals surface area contributed by atoms with Crippen molar-refractivity contribution < 1.29 is 8.42 Å². The molecule has 1 rings (SSSR count). The van der Waals surface area contributed by atoms with Gasteiger partial charge in [0.05, 0.1) is 27.5 Å². The summed E-state index contributed by atoms with van der Waals surface area (Å²) in [7, 11) is -1.26. The van der Waals surface area contributed by atoms with Gasteiger partial charge in [0.15, 0.2) is 0 Å². The number of nitrogens with zero attached hydrogens (tertiary/aromatic N) is 1. The molecule has 0 aliphatic carbocycles. The molecule has 0 fully saturated rings. The van der Waals surface area contributed by atoms with Gasteiger partial charge < -0.3 is 5.32 Å². The van der Waals surface area contributed by atoms with Crippen LogP contribution in [0.5, 0.6) is 0 Å². The molecule has 0 aromatic carbocycles. The number of sulfone groups is 1. The highest BCUT2D eigenvalue weighted by molar-refractivity contribution is 7.90. The average molecular weight is 297 g/mol. The van der Waals surface area contributed by atoms with Crippen molar-refractivity contribution >= 4 is 33.0 Å².